The minimum absolute atomic E-state index is 0.177. The first kappa shape index (κ1) is 21.9. The highest BCUT2D eigenvalue weighted by Gasteiger charge is 2.47. The van der Waals surface area contributed by atoms with Gasteiger partial charge in [-0.15, -0.1) is 6.58 Å². The average molecular weight is 368 g/mol. The number of nitrogens with zero attached hydrogens (tertiary/aromatic N) is 1. The van der Waals surface area contributed by atoms with Gasteiger partial charge in [0.05, 0.1) is 19.8 Å². The molecule has 0 aromatic rings. The van der Waals surface area contributed by atoms with Gasteiger partial charge in [-0.05, 0) is 42.4 Å². The van der Waals surface area contributed by atoms with Crippen molar-refractivity contribution in [3.63, 3.8) is 0 Å². The minimum atomic E-state index is -0.324. The summed E-state index contributed by atoms with van der Waals surface area (Å²) in [6.45, 7) is 18.0. The molecule has 26 heavy (non-hydrogen) atoms. The molecule has 0 aromatic heterocycles. The lowest BCUT2D eigenvalue weighted by Gasteiger charge is -2.45. The fourth-order valence-corrected chi connectivity index (χ4v) is 5.06. The highest BCUT2D eigenvalue weighted by Crippen LogP contribution is 2.49. The second-order valence-electron chi connectivity index (χ2n) is 10.1. The fourth-order valence-electron chi connectivity index (χ4n) is 5.06. The molecule has 1 spiro atoms. The van der Waals surface area contributed by atoms with E-state index < -0.39 is 0 Å². The molecule has 1 unspecified atom stereocenters. The smallest absolute Gasteiger partial charge is 0.168 e. The second kappa shape index (κ2) is 8.72. The summed E-state index contributed by atoms with van der Waals surface area (Å²) < 4.78 is 12.6. The molecule has 1 saturated carbocycles. The third-order valence-electron chi connectivity index (χ3n) is 6.04. The molecule has 1 aliphatic carbocycles. The van der Waals surface area contributed by atoms with Gasteiger partial charge in [0.2, 0.25) is 0 Å². The Balaban J connectivity index is 1.81. The summed E-state index contributed by atoms with van der Waals surface area (Å²) in [6, 6.07) is 0. The van der Waals surface area contributed by atoms with Crippen LogP contribution in [-0.4, -0.2) is 43.8 Å². The van der Waals surface area contributed by atoms with Crippen LogP contribution in [0.25, 0.3) is 0 Å². The third-order valence-corrected chi connectivity index (χ3v) is 6.04. The van der Waals surface area contributed by atoms with Crippen LogP contribution >= 0.6 is 0 Å². The van der Waals surface area contributed by atoms with E-state index in [0.717, 1.165) is 38.3 Å². The van der Waals surface area contributed by atoms with Crippen LogP contribution in [0.4, 0.5) is 0 Å². The summed E-state index contributed by atoms with van der Waals surface area (Å²) in [5.41, 5.74) is 0.754. The zero-order chi connectivity index (χ0) is 19.4. The summed E-state index contributed by atoms with van der Waals surface area (Å²) in [5, 5.41) is 1.91. The van der Waals surface area contributed by atoms with Gasteiger partial charge in [0.15, 0.2) is 5.79 Å². The van der Waals surface area contributed by atoms with Crippen molar-refractivity contribution < 1.29 is 14.3 Å². The molecule has 0 amide bonds. The largest absolute Gasteiger partial charge is 0.347 e. The molecule has 1 atom stereocenters. The van der Waals surface area contributed by atoms with Crippen molar-refractivity contribution in [1.29, 1.82) is 0 Å². The summed E-state index contributed by atoms with van der Waals surface area (Å²) in [4.78, 5) is 5.34. The molecule has 1 heterocycles. The van der Waals surface area contributed by atoms with Crippen LogP contribution in [0.5, 0.6) is 0 Å². The molecule has 0 bridgehead atoms. The van der Waals surface area contributed by atoms with Gasteiger partial charge >= 0.3 is 0 Å². The van der Waals surface area contributed by atoms with Gasteiger partial charge in [-0.2, -0.15) is 5.06 Å². The Kier molecular flexibility index (Phi) is 7.34. The molecule has 0 aromatic carbocycles. The quantitative estimate of drug-likeness (QED) is 0.436. The topological polar surface area (TPSA) is 30.9 Å². The predicted molar refractivity (Wildman–Crippen MR) is 107 cm³/mol. The summed E-state index contributed by atoms with van der Waals surface area (Å²) in [6.07, 6.45) is 8.70. The van der Waals surface area contributed by atoms with E-state index in [2.05, 4.69) is 41.2 Å². The maximum Gasteiger partial charge on any atom is 0.168 e. The third kappa shape index (κ3) is 6.05. The second-order valence-corrected chi connectivity index (χ2v) is 10.1. The zero-order valence-electron chi connectivity index (χ0n) is 18.0. The van der Waals surface area contributed by atoms with Gasteiger partial charge in [0.1, 0.15) is 0 Å². The normalized spacial score (nSPS) is 30.3. The van der Waals surface area contributed by atoms with Crippen LogP contribution in [-0.2, 0) is 14.3 Å². The molecule has 1 saturated heterocycles. The maximum atomic E-state index is 6.39. The average Bonchev–Trinajstić information content (AvgIpc) is 2.92. The molecule has 2 fully saturated rings. The minimum Gasteiger partial charge on any atom is -0.347 e. The van der Waals surface area contributed by atoms with Gasteiger partial charge < -0.3 is 14.3 Å². The first-order chi connectivity index (χ1) is 12.1. The van der Waals surface area contributed by atoms with Gasteiger partial charge in [-0.25, -0.2) is 0 Å². The van der Waals surface area contributed by atoms with Crippen molar-refractivity contribution in [2.75, 3.05) is 26.8 Å². The summed E-state index contributed by atoms with van der Waals surface area (Å²) >= 11 is 0. The molecule has 4 nitrogen and oxygen atoms in total. The Hall–Kier alpha value is -0.420. The van der Waals surface area contributed by atoms with Crippen LogP contribution in [0.2, 0.25) is 0 Å². The molecule has 152 valence electrons. The van der Waals surface area contributed by atoms with Crippen LogP contribution in [0.15, 0.2) is 12.7 Å². The fraction of sp³-hybridized carbons (Fsp3) is 0.909. The molecule has 1 aliphatic heterocycles. The van der Waals surface area contributed by atoms with Crippen LogP contribution in [0.3, 0.4) is 0 Å². The number of hydroxylamine groups is 2. The number of hydrogen-bond donors (Lipinski definition) is 0. The number of rotatable bonds is 8. The van der Waals surface area contributed by atoms with E-state index in [-0.39, 0.29) is 11.9 Å². The SMILES string of the molecule is C=CCN(CCC1COC2(CCC(C(C)(C)CC(C)(C)C)CC2)O1)OC. The highest BCUT2D eigenvalue weighted by molar-refractivity contribution is 4.91. The molecule has 0 N–H and O–H groups in total. The van der Waals surface area contributed by atoms with Crippen molar-refractivity contribution in [1.82, 2.24) is 5.06 Å². The first-order valence-electron chi connectivity index (χ1n) is 10.3. The van der Waals surface area contributed by atoms with Crippen LogP contribution in [0, 0.1) is 16.7 Å². The molecule has 0 radical (unpaired) electrons. The Morgan fingerprint density at radius 2 is 1.85 bits per heavy atom. The predicted octanol–water partition coefficient (Wildman–Crippen LogP) is 5.19. The molecule has 2 rings (SSSR count). The molecular formula is C22H41NO3. The molecular weight excluding hydrogens is 326 g/mol. The lowest BCUT2D eigenvalue weighted by molar-refractivity contribution is -0.200. The Labute approximate surface area is 161 Å². The standard InChI is InChI=1S/C22H41NO3/c1-8-14-23(24-7)15-11-19-16-25-22(26-19)12-9-18(10-13-22)21(5,6)17-20(2,3)4/h8,18-19H,1,9-17H2,2-7H3. The monoisotopic (exact) mass is 367 g/mol. The number of ether oxygens (including phenoxy) is 2. The van der Waals surface area contributed by atoms with Crippen LogP contribution in [0.1, 0.15) is 73.1 Å². The van der Waals surface area contributed by atoms with E-state index in [0.29, 0.717) is 17.4 Å². The Morgan fingerprint density at radius 1 is 1.19 bits per heavy atom. The van der Waals surface area contributed by atoms with Crippen molar-refractivity contribution in [2.24, 2.45) is 16.7 Å². The van der Waals surface area contributed by atoms with Crippen LogP contribution < -0.4 is 0 Å². The first-order valence-corrected chi connectivity index (χ1v) is 10.3. The Morgan fingerprint density at radius 3 is 2.38 bits per heavy atom. The lowest BCUT2D eigenvalue weighted by atomic mass is 9.64. The van der Waals surface area contributed by atoms with E-state index in [1.165, 1.54) is 19.3 Å². The van der Waals surface area contributed by atoms with Crippen molar-refractivity contribution in [2.45, 2.75) is 85.0 Å². The van der Waals surface area contributed by atoms with Crippen molar-refractivity contribution >= 4 is 0 Å². The zero-order valence-corrected chi connectivity index (χ0v) is 18.0. The highest BCUT2D eigenvalue weighted by atomic mass is 16.7. The van der Waals surface area contributed by atoms with E-state index >= 15 is 0 Å². The van der Waals surface area contributed by atoms with Crippen molar-refractivity contribution in [3.8, 4) is 0 Å². The molecule has 2 aliphatic rings. The van der Waals surface area contributed by atoms with E-state index in [9.17, 15) is 0 Å². The van der Waals surface area contributed by atoms with Crippen molar-refractivity contribution in [3.05, 3.63) is 12.7 Å². The van der Waals surface area contributed by atoms with E-state index in [1.807, 2.05) is 11.1 Å². The maximum absolute atomic E-state index is 6.39. The van der Waals surface area contributed by atoms with Gasteiger partial charge in [0, 0.05) is 25.9 Å². The van der Waals surface area contributed by atoms with Gasteiger partial charge in [0.25, 0.3) is 0 Å². The van der Waals surface area contributed by atoms with E-state index in [4.69, 9.17) is 14.3 Å². The Bertz CT molecular complexity index is 447. The summed E-state index contributed by atoms with van der Waals surface area (Å²) in [7, 11) is 1.71. The summed E-state index contributed by atoms with van der Waals surface area (Å²) in [5.74, 6) is 0.435. The lowest BCUT2D eigenvalue weighted by Crippen LogP contribution is -2.40. The van der Waals surface area contributed by atoms with Gasteiger partial charge in [-0.3, -0.25) is 0 Å². The van der Waals surface area contributed by atoms with E-state index in [1.54, 1.807) is 7.11 Å². The molecule has 4 heteroatoms. The number of hydrogen-bond acceptors (Lipinski definition) is 4. The van der Waals surface area contributed by atoms with Gasteiger partial charge in [-0.1, -0.05) is 40.7 Å².